The van der Waals surface area contributed by atoms with E-state index in [0.29, 0.717) is 0 Å². The van der Waals surface area contributed by atoms with Crippen molar-refractivity contribution in [2.75, 3.05) is 27.2 Å². The molecule has 2 aliphatic rings. The number of aryl methyl sites for hydroxylation is 1. The lowest BCUT2D eigenvalue weighted by atomic mass is 10.0. The Morgan fingerprint density at radius 2 is 1.95 bits per heavy atom. The van der Waals surface area contributed by atoms with Crippen molar-refractivity contribution in [3.63, 3.8) is 0 Å². The number of likely N-dealkylation sites (tertiary alicyclic amines) is 1. The van der Waals surface area contributed by atoms with Gasteiger partial charge in [0.25, 0.3) is 0 Å². The Kier molecular flexibility index (Phi) is 3.26. The van der Waals surface area contributed by atoms with Gasteiger partial charge in [0.15, 0.2) is 0 Å². The van der Waals surface area contributed by atoms with Gasteiger partial charge in [-0.25, -0.2) is 0 Å². The molecule has 22 heavy (non-hydrogen) atoms. The molecule has 2 aliphatic heterocycles. The molecule has 3 nitrogen and oxygen atoms in total. The van der Waals surface area contributed by atoms with Crippen molar-refractivity contribution >= 4 is 17.1 Å². The van der Waals surface area contributed by atoms with Gasteiger partial charge in [0.1, 0.15) is 0 Å². The van der Waals surface area contributed by atoms with Gasteiger partial charge in [0, 0.05) is 56.1 Å². The molecule has 0 N–H and O–H groups in total. The van der Waals surface area contributed by atoms with E-state index in [-0.39, 0.29) is 0 Å². The Morgan fingerprint density at radius 1 is 1.09 bits per heavy atom. The van der Waals surface area contributed by atoms with Crippen molar-refractivity contribution in [1.29, 1.82) is 0 Å². The summed E-state index contributed by atoms with van der Waals surface area (Å²) in [5.74, 6) is 0. The lowest BCUT2D eigenvalue weighted by molar-refractivity contribution is 0.312. The Hall–Kier alpha value is -1.74. The predicted octanol–water partition coefficient (Wildman–Crippen LogP) is 3.46. The van der Waals surface area contributed by atoms with Crippen molar-refractivity contribution in [2.24, 2.45) is 0 Å². The highest BCUT2D eigenvalue weighted by Gasteiger charge is 2.22. The summed E-state index contributed by atoms with van der Waals surface area (Å²) in [6.07, 6.45) is 6.03. The van der Waals surface area contributed by atoms with Crippen LogP contribution in [0.25, 0.3) is 17.1 Å². The highest BCUT2D eigenvalue weighted by atomic mass is 15.2. The van der Waals surface area contributed by atoms with Gasteiger partial charge in [-0.05, 0) is 44.5 Å². The SMILES string of the molecule is Cc1ccc2c(c1)c1c(n2/C=C2\CCCN2C)CCN(C)C1. The number of hydrogen-bond acceptors (Lipinski definition) is 2. The molecule has 1 saturated heterocycles. The molecule has 0 radical (unpaired) electrons. The summed E-state index contributed by atoms with van der Waals surface area (Å²) in [6, 6.07) is 6.90. The second-order valence-electron chi connectivity index (χ2n) is 6.95. The fourth-order valence-electron chi connectivity index (χ4n) is 3.93. The van der Waals surface area contributed by atoms with E-state index >= 15 is 0 Å². The summed E-state index contributed by atoms with van der Waals surface area (Å²) in [6.45, 7) is 5.61. The molecule has 1 aromatic carbocycles. The van der Waals surface area contributed by atoms with Crippen LogP contribution in [0.4, 0.5) is 0 Å². The topological polar surface area (TPSA) is 11.4 Å². The van der Waals surface area contributed by atoms with Crippen molar-refractivity contribution in [3.05, 3.63) is 40.7 Å². The Morgan fingerprint density at radius 3 is 2.73 bits per heavy atom. The lowest BCUT2D eigenvalue weighted by Gasteiger charge is -2.24. The third-order valence-electron chi connectivity index (χ3n) is 5.23. The van der Waals surface area contributed by atoms with Gasteiger partial charge in [-0.1, -0.05) is 11.6 Å². The van der Waals surface area contributed by atoms with Crippen LogP contribution in [0.1, 0.15) is 29.7 Å². The third-order valence-corrected chi connectivity index (χ3v) is 5.23. The summed E-state index contributed by atoms with van der Waals surface area (Å²) in [4.78, 5) is 4.84. The van der Waals surface area contributed by atoms with Gasteiger partial charge in [-0.15, -0.1) is 0 Å². The zero-order valence-electron chi connectivity index (χ0n) is 13.9. The minimum Gasteiger partial charge on any atom is -0.377 e. The molecule has 0 aliphatic carbocycles. The molecule has 1 aromatic heterocycles. The highest BCUT2D eigenvalue weighted by Crippen LogP contribution is 2.33. The first-order valence-electron chi connectivity index (χ1n) is 8.36. The minimum atomic E-state index is 1.07. The minimum absolute atomic E-state index is 1.07. The third kappa shape index (κ3) is 2.15. The molecule has 1 fully saturated rings. The monoisotopic (exact) mass is 295 g/mol. The first kappa shape index (κ1) is 13.9. The fourth-order valence-corrected chi connectivity index (χ4v) is 3.93. The van der Waals surface area contributed by atoms with E-state index in [1.165, 1.54) is 52.8 Å². The summed E-state index contributed by atoms with van der Waals surface area (Å²) < 4.78 is 2.48. The molecule has 2 aromatic rings. The molecule has 0 unspecified atom stereocenters. The number of nitrogens with zero attached hydrogens (tertiary/aromatic N) is 3. The van der Waals surface area contributed by atoms with Gasteiger partial charge < -0.3 is 14.4 Å². The summed E-state index contributed by atoms with van der Waals surface area (Å²) >= 11 is 0. The van der Waals surface area contributed by atoms with Crippen molar-refractivity contribution in [1.82, 2.24) is 14.4 Å². The summed E-state index contributed by atoms with van der Waals surface area (Å²) in [7, 11) is 4.44. The van der Waals surface area contributed by atoms with E-state index in [4.69, 9.17) is 0 Å². The second-order valence-corrected chi connectivity index (χ2v) is 6.95. The van der Waals surface area contributed by atoms with Crippen LogP contribution in [0.5, 0.6) is 0 Å². The number of benzene rings is 1. The van der Waals surface area contributed by atoms with Crippen LogP contribution < -0.4 is 0 Å². The highest BCUT2D eigenvalue weighted by molar-refractivity contribution is 5.88. The predicted molar refractivity (Wildman–Crippen MR) is 92.9 cm³/mol. The summed E-state index contributed by atoms with van der Waals surface area (Å²) in [5.41, 5.74) is 7.25. The largest absolute Gasteiger partial charge is 0.377 e. The van der Waals surface area contributed by atoms with E-state index in [2.05, 4.69) is 59.8 Å². The van der Waals surface area contributed by atoms with Crippen molar-refractivity contribution in [3.8, 4) is 0 Å². The van der Waals surface area contributed by atoms with Crippen LogP contribution in [0.3, 0.4) is 0 Å². The van der Waals surface area contributed by atoms with Gasteiger partial charge in [0.05, 0.1) is 5.52 Å². The van der Waals surface area contributed by atoms with E-state index in [1.807, 2.05) is 0 Å². The van der Waals surface area contributed by atoms with E-state index in [1.54, 1.807) is 0 Å². The van der Waals surface area contributed by atoms with Crippen molar-refractivity contribution < 1.29 is 0 Å². The molecule has 0 atom stereocenters. The number of fused-ring (bicyclic) bond motifs is 3. The Bertz CT molecular complexity index is 754. The molecular formula is C19H25N3. The van der Waals surface area contributed by atoms with Gasteiger partial charge in [0.2, 0.25) is 0 Å². The number of rotatable bonds is 1. The van der Waals surface area contributed by atoms with Crippen LogP contribution in [-0.2, 0) is 13.0 Å². The molecule has 0 bridgehead atoms. The van der Waals surface area contributed by atoms with Gasteiger partial charge in [-0.3, -0.25) is 0 Å². The quantitative estimate of drug-likeness (QED) is 0.798. The number of aromatic nitrogens is 1. The first-order chi connectivity index (χ1) is 10.6. The smallest absolute Gasteiger partial charge is 0.0529 e. The van der Waals surface area contributed by atoms with Crippen LogP contribution in [0.15, 0.2) is 23.9 Å². The van der Waals surface area contributed by atoms with Crippen LogP contribution in [0.2, 0.25) is 0 Å². The molecular weight excluding hydrogens is 270 g/mol. The van der Waals surface area contributed by atoms with Crippen LogP contribution >= 0.6 is 0 Å². The Labute approximate surface area is 132 Å². The number of likely N-dealkylation sites (N-methyl/N-ethyl adjacent to an activating group) is 1. The van der Waals surface area contributed by atoms with E-state index < -0.39 is 0 Å². The van der Waals surface area contributed by atoms with E-state index in [0.717, 1.165) is 19.5 Å². The maximum Gasteiger partial charge on any atom is 0.0529 e. The molecule has 0 amide bonds. The second kappa shape index (κ2) is 5.17. The molecule has 116 valence electrons. The normalized spacial score (nSPS) is 21.0. The average Bonchev–Trinajstić information content (AvgIpc) is 3.02. The lowest BCUT2D eigenvalue weighted by Crippen LogP contribution is -2.27. The number of hydrogen-bond donors (Lipinski definition) is 0. The van der Waals surface area contributed by atoms with Gasteiger partial charge in [-0.2, -0.15) is 0 Å². The maximum absolute atomic E-state index is 2.48. The Balaban J connectivity index is 1.94. The fraction of sp³-hybridized carbons (Fsp3) is 0.474. The number of allylic oxidation sites excluding steroid dienone is 1. The zero-order valence-corrected chi connectivity index (χ0v) is 13.9. The summed E-state index contributed by atoms with van der Waals surface area (Å²) in [5, 5.41) is 1.44. The first-order valence-corrected chi connectivity index (χ1v) is 8.36. The molecule has 3 heterocycles. The van der Waals surface area contributed by atoms with Crippen molar-refractivity contribution in [2.45, 2.75) is 32.7 Å². The maximum atomic E-state index is 2.48. The van der Waals surface area contributed by atoms with Crippen LogP contribution in [-0.4, -0.2) is 41.6 Å². The average molecular weight is 295 g/mol. The molecule has 4 rings (SSSR count). The zero-order chi connectivity index (χ0) is 15.3. The van der Waals surface area contributed by atoms with Crippen LogP contribution in [0, 0.1) is 6.92 Å². The molecule has 0 saturated carbocycles. The van der Waals surface area contributed by atoms with Gasteiger partial charge >= 0.3 is 0 Å². The standard InChI is InChI=1S/C19H25N3/c1-14-6-7-18-16(11-14)17-13-20(2)10-8-19(17)22(18)12-15-5-4-9-21(15)3/h6-7,11-12H,4-5,8-10,13H2,1-3H3/b15-12+. The molecule has 0 spiro atoms. The molecule has 3 heteroatoms. The van der Waals surface area contributed by atoms with E-state index in [9.17, 15) is 0 Å².